The summed E-state index contributed by atoms with van der Waals surface area (Å²) in [6.07, 6.45) is 2.10. The van der Waals surface area contributed by atoms with E-state index >= 15 is 0 Å². The number of aliphatic hydroxyl groups excluding tert-OH is 1. The maximum Gasteiger partial charge on any atom is 0.410 e. The van der Waals surface area contributed by atoms with Crippen molar-refractivity contribution < 1.29 is 23.4 Å². The molecule has 124 valence electrons. The van der Waals surface area contributed by atoms with E-state index in [0.29, 0.717) is 5.56 Å². The summed E-state index contributed by atoms with van der Waals surface area (Å²) >= 11 is 0. The molecule has 1 saturated heterocycles. The maximum atomic E-state index is 14.3. The Kier molecular flexibility index (Phi) is 4.42. The predicted octanol–water partition coefficient (Wildman–Crippen LogP) is 2.19. The standard InChI is InChI=1S/C14H21F2N3O3/c1-13(2,3)22-12(21)18-5-4-11(14(15,16)9-18)19-7-10(8-20)6-17-19/h6-7,11,20H,4-5,8-9H2,1-3H3. The molecule has 8 heteroatoms. The van der Waals surface area contributed by atoms with Crippen LogP contribution < -0.4 is 0 Å². The van der Waals surface area contributed by atoms with Gasteiger partial charge < -0.3 is 14.7 Å². The van der Waals surface area contributed by atoms with Gasteiger partial charge in [-0.05, 0) is 27.2 Å². The fourth-order valence-corrected chi connectivity index (χ4v) is 2.37. The lowest BCUT2D eigenvalue weighted by molar-refractivity contribution is -0.106. The second-order valence-corrected chi connectivity index (χ2v) is 6.45. The molecule has 1 aliphatic heterocycles. The van der Waals surface area contributed by atoms with Crippen LogP contribution in [0.3, 0.4) is 0 Å². The van der Waals surface area contributed by atoms with Crippen molar-refractivity contribution in [3.05, 3.63) is 18.0 Å². The molecule has 22 heavy (non-hydrogen) atoms. The molecule has 6 nitrogen and oxygen atoms in total. The van der Waals surface area contributed by atoms with Crippen molar-refractivity contribution in [2.24, 2.45) is 0 Å². The van der Waals surface area contributed by atoms with Crippen LogP contribution in [0, 0.1) is 0 Å². The summed E-state index contributed by atoms with van der Waals surface area (Å²) in [5.41, 5.74) is -0.244. The van der Waals surface area contributed by atoms with E-state index in [0.717, 1.165) is 9.58 Å². The number of ether oxygens (including phenoxy) is 1. The summed E-state index contributed by atoms with van der Waals surface area (Å²) in [5.74, 6) is -3.12. The molecule has 1 aromatic heterocycles. The van der Waals surface area contributed by atoms with Gasteiger partial charge in [0.05, 0.1) is 19.3 Å². The Balaban J connectivity index is 2.07. The van der Waals surface area contributed by atoms with Crippen LogP contribution in [-0.2, 0) is 11.3 Å². The maximum absolute atomic E-state index is 14.3. The second-order valence-electron chi connectivity index (χ2n) is 6.45. The Labute approximate surface area is 127 Å². The van der Waals surface area contributed by atoms with Gasteiger partial charge in [-0.25, -0.2) is 13.6 Å². The number of hydrogen-bond donors (Lipinski definition) is 1. The number of aromatic nitrogens is 2. The highest BCUT2D eigenvalue weighted by molar-refractivity contribution is 5.68. The third kappa shape index (κ3) is 3.73. The summed E-state index contributed by atoms with van der Waals surface area (Å²) in [6.45, 7) is 4.29. The van der Waals surface area contributed by atoms with E-state index in [4.69, 9.17) is 9.84 Å². The van der Waals surface area contributed by atoms with Crippen LogP contribution in [0.1, 0.15) is 38.8 Å². The molecular weight excluding hydrogens is 296 g/mol. The van der Waals surface area contributed by atoms with Gasteiger partial charge in [-0.15, -0.1) is 0 Å². The number of hydrogen-bond acceptors (Lipinski definition) is 4. The molecule has 1 unspecified atom stereocenters. The van der Waals surface area contributed by atoms with Crippen molar-refractivity contribution in [3.8, 4) is 0 Å². The highest BCUT2D eigenvalue weighted by Gasteiger charge is 2.48. The van der Waals surface area contributed by atoms with Gasteiger partial charge >= 0.3 is 6.09 Å². The average molecular weight is 317 g/mol. The molecule has 2 heterocycles. The lowest BCUT2D eigenvalue weighted by Gasteiger charge is -2.38. The SMILES string of the molecule is CC(C)(C)OC(=O)N1CCC(n2cc(CO)cn2)C(F)(F)C1. The first-order valence-corrected chi connectivity index (χ1v) is 7.12. The van der Waals surface area contributed by atoms with Crippen LogP contribution in [0.25, 0.3) is 0 Å². The third-order valence-corrected chi connectivity index (χ3v) is 3.37. The third-order valence-electron chi connectivity index (χ3n) is 3.37. The summed E-state index contributed by atoms with van der Waals surface area (Å²) in [5, 5.41) is 12.9. The van der Waals surface area contributed by atoms with Crippen LogP contribution in [-0.4, -0.2) is 50.5 Å². The molecule has 0 aromatic carbocycles. The molecule has 1 atom stereocenters. The number of amides is 1. The molecule has 1 fully saturated rings. The van der Waals surface area contributed by atoms with Gasteiger partial charge in [-0.2, -0.15) is 5.10 Å². The number of aliphatic hydroxyl groups is 1. The minimum absolute atomic E-state index is 0.0682. The van der Waals surface area contributed by atoms with Crippen LogP contribution >= 0.6 is 0 Å². The molecule has 1 aliphatic rings. The van der Waals surface area contributed by atoms with E-state index < -0.39 is 30.2 Å². The first-order chi connectivity index (χ1) is 10.1. The van der Waals surface area contributed by atoms with Gasteiger partial charge in [0.25, 0.3) is 5.92 Å². The molecule has 2 rings (SSSR count). The number of likely N-dealkylation sites (tertiary alicyclic amines) is 1. The van der Waals surface area contributed by atoms with Gasteiger partial charge in [0, 0.05) is 18.3 Å². The summed E-state index contributed by atoms with van der Waals surface area (Å²) in [4.78, 5) is 12.9. The van der Waals surface area contributed by atoms with Crippen LogP contribution in [0.2, 0.25) is 0 Å². The van der Waals surface area contributed by atoms with E-state index in [9.17, 15) is 13.6 Å². The Bertz CT molecular complexity index is 540. The Morgan fingerprint density at radius 1 is 1.55 bits per heavy atom. The number of halogens is 2. The van der Waals surface area contributed by atoms with Crippen molar-refractivity contribution in [2.45, 2.75) is 51.4 Å². The smallest absolute Gasteiger partial charge is 0.410 e. The molecule has 1 aromatic rings. The van der Waals surface area contributed by atoms with E-state index in [2.05, 4.69) is 5.10 Å². The quantitative estimate of drug-likeness (QED) is 0.908. The van der Waals surface area contributed by atoms with E-state index in [1.165, 1.54) is 12.4 Å². The van der Waals surface area contributed by atoms with Gasteiger partial charge in [-0.3, -0.25) is 4.68 Å². The molecule has 0 saturated carbocycles. The fraction of sp³-hybridized carbons (Fsp3) is 0.714. The van der Waals surface area contributed by atoms with Crippen LogP contribution in [0.5, 0.6) is 0 Å². The number of rotatable bonds is 2. The van der Waals surface area contributed by atoms with Crippen molar-refractivity contribution in [2.75, 3.05) is 13.1 Å². The number of nitrogens with zero attached hydrogens (tertiary/aromatic N) is 3. The van der Waals surface area contributed by atoms with Crippen molar-refractivity contribution in [1.82, 2.24) is 14.7 Å². The molecule has 1 amide bonds. The molecule has 0 bridgehead atoms. The van der Waals surface area contributed by atoms with Crippen molar-refractivity contribution in [3.63, 3.8) is 0 Å². The summed E-state index contributed by atoms with van der Waals surface area (Å²) in [7, 11) is 0. The lowest BCUT2D eigenvalue weighted by atomic mass is 10.0. The van der Waals surface area contributed by atoms with Gasteiger partial charge in [0.15, 0.2) is 0 Å². The highest BCUT2D eigenvalue weighted by Crippen LogP contribution is 2.36. The first kappa shape index (κ1) is 16.7. The zero-order valence-corrected chi connectivity index (χ0v) is 12.9. The van der Waals surface area contributed by atoms with E-state index in [1.807, 2.05) is 0 Å². The Hall–Kier alpha value is -1.70. The average Bonchev–Trinajstić information content (AvgIpc) is 2.83. The largest absolute Gasteiger partial charge is 0.444 e. The molecule has 0 radical (unpaired) electrons. The predicted molar refractivity (Wildman–Crippen MR) is 74.6 cm³/mol. The normalized spacial score (nSPS) is 21.7. The van der Waals surface area contributed by atoms with Gasteiger partial charge in [-0.1, -0.05) is 0 Å². The highest BCUT2D eigenvalue weighted by atomic mass is 19.3. The fourth-order valence-electron chi connectivity index (χ4n) is 2.37. The van der Waals surface area contributed by atoms with Crippen LogP contribution in [0.15, 0.2) is 12.4 Å². The zero-order chi connectivity index (χ0) is 16.5. The minimum atomic E-state index is -3.12. The van der Waals surface area contributed by atoms with E-state index in [1.54, 1.807) is 20.8 Å². The van der Waals surface area contributed by atoms with Crippen molar-refractivity contribution in [1.29, 1.82) is 0 Å². The molecule has 0 spiro atoms. The Morgan fingerprint density at radius 3 is 2.73 bits per heavy atom. The molecule has 0 aliphatic carbocycles. The summed E-state index contributed by atoms with van der Waals surface area (Å²) in [6, 6.07) is -1.13. The van der Waals surface area contributed by atoms with Crippen LogP contribution in [0.4, 0.5) is 13.6 Å². The Morgan fingerprint density at radius 2 is 2.23 bits per heavy atom. The number of alkyl halides is 2. The monoisotopic (exact) mass is 317 g/mol. The molecular formula is C14H21F2N3O3. The zero-order valence-electron chi connectivity index (χ0n) is 12.9. The topological polar surface area (TPSA) is 67.6 Å². The first-order valence-electron chi connectivity index (χ1n) is 7.12. The van der Waals surface area contributed by atoms with Gasteiger partial charge in [0.2, 0.25) is 0 Å². The number of carbonyl (C=O) groups excluding carboxylic acids is 1. The lowest BCUT2D eigenvalue weighted by Crippen LogP contribution is -2.52. The van der Waals surface area contributed by atoms with Gasteiger partial charge in [0.1, 0.15) is 11.6 Å². The van der Waals surface area contributed by atoms with E-state index in [-0.39, 0.29) is 19.6 Å². The number of carbonyl (C=O) groups is 1. The molecule has 1 N–H and O–H groups in total. The second kappa shape index (κ2) is 5.83. The summed E-state index contributed by atoms with van der Waals surface area (Å²) < 4.78 is 35.0. The minimum Gasteiger partial charge on any atom is -0.444 e. The number of piperidine rings is 1. The van der Waals surface area contributed by atoms with Crippen molar-refractivity contribution >= 4 is 6.09 Å².